The molecule has 0 fully saturated rings. The molecule has 1 aromatic carbocycles. The minimum atomic E-state index is -3.53. The van der Waals surface area contributed by atoms with Gasteiger partial charge in [-0.1, -0.05) is 13.8 Å². The Hall–Kier alpha value is -1.48. The number of nitrogens with one attached hydrogen (secondary N) is 3. The fraction of sp³-hybridized carbons (Fsp3) is 0.562. The number of carbonyl (C=O) groups is 1. The van der Waals surface area contributed by atoms with Crippen molar-refractivity contribution < 1.29 is 17.9 Å². The molecule has 0 saturated heterocycles. The highest BCUT2D eigenvalue weighted by atomic mass is 32.2. The number of ether oxygens (including phenoxy) is 1. The van der Waals surface area contributed by atoms with Crippen LogP contribution >= 0.6 is 0 Å². The van der Waals surface area contributed by atoms with E-state index in [-0.39, 0.29) is 16.7 Å². The summed E-state index contributed by atoms with van der Waals surface area (Å²) in [6, 6.07) is 5.90. The molecule has 3 N–H and O–H groups in total. The van der Waals surface area contributed by atoms with Crippen molar-refractivity contribution in [3.05, 3.63) is 29.8 Å². The van der Waals surface area contributed by atoms with Crippen molar-refractivity contribution >= 4 is 15.9 Å². The summed E-state index contributed by atoms with van der Waals surface area (Å²) in [7, 11) is -1.90. The second-order valence-corrected chi connectivity index (χ2v) is 7.54. The van der Waals surface area contributed by atoms with Crippen molar-refractivity contribution in [2.75, 3.05) is 39.9 Å². The summed E-state index contributed by atoms with van der Waals surface area (Å²) in [6.07, 6.45) is 0. The second-order valence-electron chi connectivity index (χ2n) is 5.77. The van der Waals surface area contributed by atoms with Crippen LogP contribution in [0.2, 0.25) is 0 Å². The third-order valence-corrected chi connectivity index (χ3v) is 4.62. The van der Waals surface area contributed by atoms with E-state index in [0.29, 0.717) is 31.8 Å². The number of hydrogen-bond donors (Lipinski definition) is 3. The van der Waals surface area contributed by atoms with E-state index in [1.54, 1.807) is 7.11 Å². The zero-order valence-electron chi connectivity index (χ0n) is 14.5. The van der Waals surface area contributed by atoms with Crippen LogP contribution in [0.3, 0.4) is 0 Å². The van der Waals surface area contributed by atoms with Gasteiger partial charge >= 0.3 is 0 Å². The molecule has 0 bridgehead atoms. The first kappa shape index (κ1) is 20.6. The fourth-order valence-corrected chi connectivity index (χ4v) is 3.02. The average Bonchev–Trinajstić information content (AvgIpc) is 2.56. The Bertz CT molecular complexity index is 600. The van der Waals surface area contributed by atoms with Gasteiger partial charge in [0.25, 0.3) is 5.91 Å². The number of methoxy groups -OCH3 is 1. The highest BCUT2D eigenvalue weighted by Gasteiger charge is 2.15. The van der Waals surface area contributed by atoms with Crippen molar-refractivity contribution in [3.63, 3.8) is 0 Å². The molecule has 0 aliphatic heterocycles. The molecule has 0 radical (unpaired) electrons. The van der Waals surface area contributed by atoms with Crippen LogP contribution < -0.4 is 15.4 Å². The molecule has 0 aromatic heterocycles. The lowest BCUT2D eigenvalue weighted by atomic mass is 10.2. The maximum atomic E-state index is 12.1. The van der Waals surface area contributed by atoms with E-state index in [9.17, 15) is 13.2 Å². The van der Waals surface area contributed by atoms with Crippen LogP contribution in [0.1, 0.15) is 24.2 Å². The predicted octanol–water partition coefficient (Wildman–Crippen LogP) is 0.587. The maximum Gasteiger partial charge on any atom is 0.251 e. The van der Waals surface area contributed by atoms with Crippen molar-refractivity contribution in [1.29, 1.82) is 0 Å². The quantitative estimate of drug-likeness (QED) is 0.504. The molecule has 136 valence electrons. The summed E-state index contributed by atoms with van der Waals surface area (Å²) < 4.78 is 31.6. The smallest absolute Gasteiger partial charge is 0.251 e. The van der Waals surface area contributed by atoms with Gasteiger partial charge in [-0.25, -0.2) is 13.1 Å². The molecule has 0 aliphatic carbocycles. The molecule has 1 aromatic rings. The minimum Gasteiger partial charge on any atom is -0.383 e. The van der Waals surface area contributed by atoms with Gasteiger partial charge in [0.2, 0.25) is 10.0 Å². The Morgan fingerprint density at radius 2 is 1.79 bits per heavy atom. The van der Waals surface area contributed by atoms with E-state index in [1.807, 2.05) is 13.8 Å². The van der Waals surface area contributed by atoms with Crippen LogP contribution in [0.15, 0.2) is 29.2 Å². The molecule has 7 nitrogen and oxygen atoms in total. The standard InChI is InChI=1S/C16H27N3O4S/c1-13(2)12-19-24(21,22)15-6-4-14(5-7-15)16(20)18-9-8-17-10-11-23-3/h4-7,13,17,19H,8-12H2,1-3H3,(H,18,20). The molecule has 0 heterocycles. The van der Waals surface area contributed by atoms with Crippen LogP contribution in [0.5, 0.6) is 0 Å². The lowest BCUT2D eigenvalue weighted by Crippen LogP contribution is -2.33. The Morgan fingerprint density at radius 3 is 2.38 bits per heavy atom. The molecular weight excluding hydrogens is 330 g/mol. The van der Waals surface area contributed by atoms with Gasteiger partial charge in [-0.2, -0.15) is 0 Å². The summed E-state index contributed by atoms with van der Waals surface area (Å²) in [6.45, 7) is 6.71. The molecule has 0 saturated carbocycles. The number of benzene rings is 1. The molecular formula is C16H27N3O4S. The van der Waals surface area contributed by atoms with Gasteiger partial charge in [0.05, 0.1) is 11.5 Å². The Balaban J connectivity index is 2.50. The van der Waals surface area contributed by atoms with Crippen LogP contribution in [0, 0.1) is 5.92 Å². The number of sulfonamides is 1. The van der Waals surface area contributed by atoms with E-state index in [2.05, 4.69) is 15.4 Å². The van der Waals surface area contributed by atoms with E-state index in [0.717, 1.165) is 6.54 Å². The Kier molecular flexibility index (Phi) is 8.91. The monoisotopic (exact) mass is 357 g/mol. The predicted molar refractivity (Wildman–Crippen MR) is 93.5 cm³/mol. The summed E-state index contributed by atoms with van der Waals surface area (Å²) in [5.41, 5.74) is 0.426. The first-order valence-corrected chi connectivity index (χ1v) is 9.42. The molecule has 0 atom stereocenters. The molecule has 0 unspecified atom stereocenters. The van der Waals surface area contributed by atoms with Crippen LogP contribution in [0.25, 0.3) is 0 Å². The van der Waals surface area contributed by atoms with Crippen molar-refractivity contribution in [2.45, 2.75) is 18.7 Å². The third kappa shape index (κ3) is 7.39. The molecule has 8 heteroatoms. The summed E-state index contributed by atoms with van der Waals surface area (Å²) in [5.74, 6) is -0.00930. The topological polar surface area (TPSA) is 96.5 Å². The van der Waals surface area contributed by atoms with Gasteiger partial charge in [-0.15, -0.1) is 0 Å². The van der Waals surface area contributed by atoms with Gasteiger partial charge in [-0.05, 0) is 30.2 Å². The minimum absolute atomic E-state index is 0.154. The maximum absolute atomic E-state index is 12.1. The fourth-order valence-electron chi connectivity index (χ4n) is 1.81. The zero-order chi connectivity index (χ0) is 18.0. The SMILES string of the molecule is COCCNCCNC(=O)c1ccc(S(=O)(=O)NCC(C)C)cc1. The Labute approximate surface area is 144 Å². The first-order chi connectivity index (χ1) is 11.4. The van der Waals surface area contributed by atoms with E-state index >= 15 is 0 Å². The van der Waals surface area contributed by atoms with Crippen molar-refractivity contribution in [3.8, 4) is 0 Å². The molecule has 1 amide bonds. The van der Waals surface area contributed by atoms with Gasteiger partial charge in [-0.3, -0.25) is 4.79 Å². The van der Waals surface area contributed by atoms with Gasteiger partial charge < -0.3 is 15.4 Å². The lowest BCUT2D eigenvalue weighted by molar-refractivity contribution is 0.0953. The first-order valence-electron chi connectivity index (χ1n) is 7.94. The highest BCUT2D eigenvalue weighted by Crippen LogP contribution is 2.11. The molecule has 24 heavy (non-hydrogen) atoms. The second kappa shape index (κ2) is 10.4. The van der Waals surface area contributed by atoms with Gasteiger partial charge in [0, 0.05) is 38.9 Å². The largest absolute Gasteiger partial charge is 0.383 e. The lowest BCUT2D eigenvalue weighted by Gasteiger charge is -2.10. The van der Waals surface area contributed by atoms with Crippen molar-refractivity contribution in [2.24, 2.45) is 5.92 Å². The van der Waals surface area contributed by atoms with Crippen LogP contribution in [-0.4, -0.2) is 54.2 Å². The summed E-state index contributed by atoms with van der Waals surface area (Å²) in [5, 5.41) is 5.88. The number of hydrogen-bond acceptors (Lipinski definition) is 5. The number of rotatable bonds is 11. The molecule has 0 spiro atoms. The van der Waals surface area contributed by atoms with E-state index in [1.165, 1.54) is 24.3 Å². The number of amides is 1. The van der Waals surface area contributed by atoms with Crippen molar-refractivity contribution in [1.82, 2.24) is 15.4 Å². The van der Waals surface area contributed by atoms with Crippen LogP contribution in [-0.2, 0) is 14.8 Å². The van der Waals surface area contributed by atoms with Gasteiger partial charge in [0.1, 0.15) is 0 Å². The molecule has 1 rings (SSSR count). The molecule has 0 aliphatic rings. The van der Waals surface area contributed by atoms with E-state index in [4.69, 9.17) is 4.74 Å². The normalized spacial score (nSPS) is 11.7. The zero-order valence-corrected chi connectivity index (χ0v) is 15.3. The van der Waals surface area contributed by atoms with E-state index < -0.39 is 10.0 Å². The highest BCUT2D eigenvalue weighted by molar-refractivity contribution is 7.89. The van der Waals surface area contributed by atoms with Crippen LogP contribution in [0.4, 0.5) is 0 Å². The summed E-state index contributed by atoms with van der Waals surface area (Å²) in [4.78, 5) is 12.1. The van der Waals surface area contributed by atoms with Gasteiger partial charge in [0.15, 0.2) is 0 Å². The Morgan fingerprint density at radius 1 is 1.12 bits per heavy atom. The number of carbonyl (C=O) groups excluding carboxylic acids is 1. The average molecular weight is 357 g/mol. The third-order valence-electron chi connectivity index (χ3n) is 3.18. The summed E-state index contributed by atoms with van der Waals surface area (Å²) >= 11 is 0.